The fourth-order valence-electron chi connectivity index (χ4n) is 2.15. The van der Waals surface area contributed by atoms with E-state index in [9.17, 15) is 4.79 Å². The maximum absolute atomic E-state index is 11.1. The molecule has 2 aromatic carbocycles. The number of rotatable bonds is 3. The molecule has 1 aromatic heterocycles. The zero-order valence-electron chi connectivity index (χ0n) is 10.4. The highest BCUT2D eigenvalue weighted by Gasteiger charge is 2.11. The van der Waals surface area contributed by atoms with Crippen molar-refractivity contribution in [2.24, 2.45) is 0 Å². The molecular formula is C15H11BrClNO2. The van der Waals surface area contributed by atoms with Crippen LogP contribution in [0.3, 0.4) is 0 Å². The zero-order valence-corrected chi connectivity index (χ0v) is 12.7. The number of fused-ring (bicyclic) bond motifs is 1. The van der Waals surface area contributed by atoms with Gasteiger partial charge in [0.2, 0.25) is 0 Å². The molecule has 0 bridgehead atoms. The molecule has 3 aromatic rings. The van der Waals surface area contributed by atoms with Crippen molar-refractivity contribution in [2.45, 2.75) is 11.8 Å². The molecule has 0 radical (unpaired) electrons. The molecule has 20 heavy (non-hydrogen) atoms. The molecule has 0 amide bonds. The minimum Gasteiger partial charge on any atom is -0.408 e. The first-order valence-corrected chi connectivity index (χ1v) is 7.36. The van der Waals surface area contributed by atoms with E-state index in [1.807, 2.05) is 42.5 Å². The normalized spacial score (nSPS) is 12.7. The van der Waals surface area contributed by atoms with Gasteiger partial charge in [0, 0.05) is 4.47 Å². The number of aromatic amines is 1. The number of oxazole rings is 1. The van der Waals surface area contributed by atoms with Crippen LogP contribution in [0, 0.1) is 0 Å². The smallest absolute Gasteiger partial charge is 0.408 e. The van der Waals surface area contributed by atoms with Crippen molar-refractivity contribution in [3.8, 4) is 0 Å². The van der Waals surface area contributed by atoms with Crippen molar-refractivity contribution in [1.82, 2.24) is 4.98 Å². The third-order valence-corrected chi connectivity index (χ3v) is 4.01. The van der Waals surface area contributed by atoms with Crippen LogP contribution >= 0.6 is 27.5 Å². The van der Waals surface area contributed by atoms with Crippen LogP contribution in [0.4, 0.5) is 0 Å². The largest absolute Gasteiger partial charge is 0.417 e. The van der Waals surface area contributed by atoms with E-state index in [4.69, 9.17) is 16.0 Å². The molecule has 0 aliphatic rings. The Morgan fingerprint density at radius 2 is 2.10 bits per heavy atom. The van der Waals surface area contributed by atoms with Gasteiger partial charge < -0.3 is 4.42 Å². The molecule has 1 atom stereocenters. The van der Waals surface area contributed by atoms with Gasteiger partial charge in [-0.05, 0) is 41.8 Å². The standard InChI is InChI=1S/C15H11BrClNO2/c16-11-3-1-2-9(6-11)7-12(17)10-4-5-13-14(8-10)20-15(19)18-13/h1-6,8,12H,7H2,(H,18,19). The second kappa shape index (κ2) is 5.46. The predicted molar refractivity (Wildman–Crippen MR) is 83.3 cm³/mol. The number of H-pyrrole nitrogens is 1. The molecule has 0 saturated heterocycles. The molecule has 5 heteroatoms. The van der Waals surface area contributed by atoms with Crippen molar-refractivity contribution < 1.29 is 4.42 Å². The lowest BCUT2D eigenvalue weighted by Gasteiger charge is -2.10. The Kier molecular flexibility index (Phi) is 3.68. The van der Waals surface area contributed by atoms with Crippen LogP contribution in [0.5, 0.6) is 0 Å². The van der Waals surface area contributed by atoms with Gasteiger partial charge in [0.15, 0.2) is 5.58 Å². The average molecular weight is 353 g/mol. The first-order valence-electron chi connectivity index (χ1n) is 6.13. The van der Waals surface area contributed by atoms with E-state index in [1.165, 1.54) is 0 Å². The van der Waals surface area contributed by atoms with Gasteiger partial charge in [0.25, 0.3) is 0 Å². The van der Waals surface area contributed by atoms with Crippen molar-refractivity contribution in [3.63, 3.8) is 0 Å². The first kappa shape index (κ1) is 13.5. The average Bonchev–Trinajstić information content (AvgIpc) is 2.77. The highest BCUT2D eigenvalue weighted by Crippen LogP contribution is 2.28. The molecular weight excluding hydrogens is 342 g/mol. The molecule has 1 heterocycles. The zero-order chi connectivity index (χ0) is 14.1. The number of halogens is 2. The molecule has 102 valence electrons. The van der Waals surface area contributed by atoms with Crippen molar-refractivity contribution in [2.75, 3.05) is 0 Å². The lowest BCUT2D eigenvalue weighted by Crippen LogP contribution is -1.95. The molecule has 0 saturated carbocycles. The molecule has 0 fully saturated rings. The molecule has 3 nitrogen and oxygen atoms in total. The van der Waals surface area contributed by atoms with E-state index in [1.54, 1.807) is 0 Å². The van der Waals surface area contributed by atoms with E-state index in [2.05, 4.69) is 20.9 Å². The van der Waals surface area contributed by atoms with Crippen LogP contribution in [0.2, 0.25) is 0 Å². The monoisotopic (exact) mass is 351 g/mol. The summed E-state index contributed by atoms with van der Waals surface area (Å²) in [5.74, 6) is -0.449. The maximum atomic E-state index is 11.1. The lowest BCUT2D eigenvalue weighted by molar-refractivity contribution is 0.555. The van der Waals surface area contributed by atoms with Gasteiger partial charge in [0.05, 0.1) is 10.9 Å². The number of nitrogens with one attached hydrogen (secondary N) is 1. The minimum atomic E-state index is -0.449. The highest BCUT2D eigenvalue weighted by atomic mass is 79.9. The van der Waals surface area contributed by atoms with E-state index in [-0.39, 0.29) is 5.38 Å². The number of benzene rings is 2. The Bertz CT molecular complexity index is 809. The SMILES string of the molecule is O=c1[nH]c2ccc(C(Cl)Cc3cccc(Br)c3)cc2o1. The van der Waals surface area contributed by atoms with Gasteiger partial charge in [-0.3, -0.25) is 4.98 Å². The Morgan fingerprint density at radius 3 is 2.90 bits per heavy atom. The van der Waals surface area contributed by atoms with Crippen LogP contribution in [-0.4, -0.2) is 4.98 Å². The maximum Gasteiger partial charge on any atom is 0.417 e. The topological polar surface area (TPSA) is 46.0 Å². The van der Waals surface area contributed by atoms with E-state index < -0.39 is 5.76 Å². The Morgan fingerprint density at radius 1 is 1.25 bits per heavy atom. The van der Waals surface area contributed by atoms with Gasteiger partial charge in [-0.1, -0.05) is 34.1 Å². The Labute approximate surface area is 128 Å². The summed E-state index contributed by atoms with van der Waals surface area (Å²) >= 11 is 9.90. The number of alkyl halides is 1. The lowest BCUT2D eigenvalue weighted by atomic mass is 10.0. The van der Waals surface area contributed by atoms with Crippen LogP contribution in [0.25, 0.3) is 11.1 Å². The van der Waals surface area contributed by atoms with Gasteiger partial charge in [-0.25, -0.2) is 4.79 Å². The van der Waals surface area contributed by atoms with Gasteiger partial charge in [0.1, 0.15) is 0 Å². The van der Waals surface area contributed by atoms with Gasteiger partial charge in [-0.2, -0.15) is 0 Å². The first-order chi connectivity index (χ1) is 9.61. The van der Waals surface area contributed by atoms with E-state index >= 15 is 0 Å². The molecule has 0 aliphatic carbocycles. The highest BCUT2D eigenvalue weighted by molar-refractivity contribution is 9.10. The summed E-state index contributed by atoms with van der Waals surface area (Å²) < 4.78 is 6.08. The second-order valence-corrected chi connectivity index (χ2v) is 6.01. The van der Waals surface area contributed by atoms with Crippen molar-refractivity contribution in [3.05, 3.63) is 68.6 Å². The summed E-state index contributed by atoms with van der Waals surface area (Å²) in [6, 6.07) is 13.6. The van der Waals surface area contributed by atoms with E-state index in [0.29, 0.717) is 17.5 Å². The number of hydrogen-bond donors (Lipinski definition) is 1. The summed E-state index contributed by atoms with van der Waals surface area (Å²) in [7, 11) is 0. The van der Waals surface area contributed by atoms with Crippen LogP contribution in [-0.2, 0) is 6.42 Å². The van der Waals surface area contributed by atoms with Crippen LogP contribution in [0.1, 0.15) is 16.5 Å². The molecule has 0 aliphatic heterocycles. The third-order valence-electron chi connectivity index (χ3n) is 3.11. The summed E-state index contributed by atoms with van der Waals surface area (Å²) in [6.07, 6.45) is 0.709. The quantitative estimate of drug-likeness (QED) is 0.710. The van der Waals surface area contributed by atoms with E-state index in [0.717, 1.165) is 15.6 Å². The molecule has 3 rings (SSSR count). The summed E-state index contributed by atoms with van der Waals surface area (Å²) in [6.45, 7) is 0. The predicted octanol–water partition coefficient (Wildman–Crippen LogP) is 4.41. The van der Waals surface area contributed by atoms with Crippen LogP contribution < -0.4 is 5.76 Å². The Hall–Kier alpha value is -1.52. The van der Waals surface area contributed by atoms with Crippen molar-refractivity contribution >= 4 is 38.6 Å². The third kappa shape index (κ3) is 2.81. The fraction of sp³-hybridized carbons (Fsp3) is 0.133. The Balaban J connectivity index is 1.88. The summed E-state index contributed by atoms with van der Waals surface area (Å²) in [5.41, 5.74) is 3.30. The minimum absolute atomic E-state index is 0.172. The molecule has 1 N–H and O–H groups in total. The number of hydrogen-bond acceptors (Lipinski definition) is 2. The van der Waals surface area contributed by atoms with Crippen LogP contribution in [0.15, 0.2) is 56.1 Å². The number of aromatic nitrogens is 1. The van der Waals surface area contributed by atoms with Gasteiger partial charge >= 0.3 is 5.76 Å². The summed E-state index contributed by atoms with van der Waals surface area (Å²) in [5, 5.41) is -0.172. The molecule has 1 unspecified atom stereocenters. The van der Waals surface area contributed by atoms with Crippen molar-refractivity contribution in [1.29, 1.82) is 0 Å². The second-order valence-electron chi connectivity index (χ2n) is 4.57. The summed E-state index contributed by atoms with van der Waals surface area (Å²) in [4.78, 5) is 13.7. The van der Waals surface area contributed by atoms with Gasteiger partial charge in [-0.15, -0.1) is 11.6 Å². The molecule has 0 spiro atoms. The fourth-order valence-corrected chi connectivity index (χ4v) is 2.91.